The number of rotatable bonds is 9. The van der Waals surface area contributed by atoms with E-state index in [1.165, 1.54) is 32.0 Å². The Morgan fingerprint density at radius 1 is 1.07 bits per heavy atom. The number of nitrogens with zero attached hydrogens (tertiary/aromatic N) is 1. The Labute approximate surface area is 156 Å². The van der Waals surface area contributed by atoms with Crippen LogP contribution in [0.15, 0.2) is 18.2 Å². The Kier molecular flexibility index (Phi) is 8.36. The van der Waals surface area contributed by atoms with Crippen molar-refractivity contribution >= 4 is 23.8 Å². The van der Waals surface area contributed by atoms with Crippen molar-refractivity contribution < 1.29 is 33.8 Å². The summed E-state index contributed by atoms with van der Waals surface area (Å²) in [5.41, 5.74) is 3.20. The highest BCUT2D eigenvalue weighted by molar-refractivity contribution is 5.85. The molecule has 3 N–H and O–H groups in total. The lowest BCUT2D eigenvalue weighted by molar-refractivity contribution is -0.141. The molecule has 1 aromatic carbocycles. The van der Waals surface area contributed by atoms with E-state index in [2.05, 4.69) is 10.7 Å². The Hall–Kier alpha value is -2.98. The molecule has 1 atom stereocenters. The minimum atomic E-state index is -1.22. The van der Waals surface area contributed by atoms with Gasteiger partial charge in [-0.05, 0) is 17.7 Å². The molecule has 0 radical (unpaired) electrons. The van der Waals surface area contributed by atoms with Crippen LogP contribution >= 0.6 is 0 Å². The molecule has 1 amide bonds. The van der Waals surface area contributed by atoms with Gasteiger partial charge in [-0.2, -0.15) is 0 Å². The first-order valence-electron chi connectivity index (χ1n) is 8.01. The van der Waals surface area contributed by atoms with Crippen molar-refractivity contribution in [2.75, 3.05) is 20.6 Å². The molecule has 0 fully saturated rings. The average Bonchev–Trinajstić information content (AvgIpc) is 2.53. The highest BCUT2D eigenvalue weighted by Gasteiger charge is 2.21. The summed E-state index contributed by atoms with van der Waals surface area (Å²) in [6.07, 6.45) is -0.0579. The van der Waals surface area contributed by atoms with Gasteiger partial charge in [0.2, 0.25) is 5.91 Å². The minimum Gasteiger partial charge on any atom is -0.480 e. The number of hydrogen-bond acceptors (Lipinski definition) is 8. The topological polar surface area (TPSA) is 134 Å². The Bertz CT molecular complexity index is 718. The van der Waals surface area contributed by atoms with Crippen LogP contribution in [0.5, 0.6) is 11.5 Å². The molecule has 0 saturated carbocycles. The van der Waals surface area contributed by atoms with Crippen molar-refractivity contribution in [1.82, 2.24) is 15.8 Å². The first kappa shape index (κ1) is 22.1. The molecule has 0 bridgehead atoms. The van der Waals surface area contributed by atoms with Gasteiger partial charge in [-0.15, -0.1) is 0 Å². The maximum Gasteiger partial charge on any atom is 0.326 e. The molecule has 0 unspecified atom stereocenters. The van der Waals surface area contributed by atoms with Crippen LogP contribution in [0.4, 0.5) is 0 Å². The smallest absolute Gasteiger partial charge is 0.326 e. The number of benzene rings is 1. The highest BCUT2D eigenvalue weighted by Crippen LogP contribution is 2.29. The summed E-state index contributed by atoms with van der Waals surface area (Å²) in [6, 6.07) is 3.11. The van der Waals surface area contributed by atoms with Gasteiger partial charge in [0.05, 0.1) is 6.54 Å². The normalized spacial score (nSPS) is 11.6. The van der Waals surface area contributed by atoms with E-state index in [1.54, 1.807) is 19.1 Å². The fourth-order valence-corrected chi connectivity index (χ4v) is 2.06. The fourth-order valence-electron chi connectivity index (χ4n) is 2.06. The van der Waals surface area contributed by atoms with Gasteiger partial charge in [-0.1, -0.05) is 6.07 Å². The van der Waals surface area contributed by atoms with Gasteiger partial charge in [-0.3, -0.25) is 19.4 Å². The Morgan fingerprint density at radius 3 is 2.19 bits per heavy atom. The molecule has 1 aromatic rings. The molecular weight excluding hydrogens is 358 g/mol. The van der Waals surface area contributed by atoms with Crippen LogP contribution in [0.25, 0.3) is 0 Å². The lowest BCUT2D eigenvalue weighted by atomic mass is 10.1. The van der Waals surface area contributed by atoms with E-state index in [9.17, 15) is 24.3 Å². The lowest BCUT2D eigenvalue weighted by Gasteiger charge is -2.17. The Morgan fingerprint density at radius 2 is 1.67 bits per heavy atom. The summed E-state index contributed by atoms with van der Waals surface area (Å²) in [6.45, 7) is 2.30. The van der Waals surface area contributed by atoms with Crippen LogP contribution in [0, 0.1) is 0 Å². The highest BCUT2D eigenvalue weighted by atomic mass is 16.6. The summed E-state index contributed by atoms with van der Waals surface area (Å²) >= 11 is 0. The molecule has 0 saturated heterocycles. The van der Waals surface area contributed by atoms with Gasteiger partial charge in [-0.25, -0.2) is 10.2 Å². The number of nitrogens with one attached hydrogen (secondary N) is 2. The second kappa shape index (κ2) is 10.2. The quantitative estimate of drug-likeness (QED) is 0.300. The van der Waals surface area contributed by atoms with Crippen molar-refractivity contribution in [3.05, 3.63) is 23.8 Å². The van der Waals surface area contributed by atoms with Gasteiger partial charge >= 0.3 is 17.9 Å². The summed E-state index contributed by atoms with van der Waals surface area (Å²) in [5, 5.41) is 13.3. The molecule has 0 aliphatic rings. The van der Waals surface area contributed by atoms with Gasteiger partial charge in [0.1, 0.15) is 6.04 Å². The summed E-state index contributed by atoms with van der Waals surface area (Å²) < 4.78 is 9.97. The van der Waals surface area contributed by atoms with Crippen LogP contribution < -0.4 is 20.2 Å². The number of carboxylic acid groups (broad SMARTS) is 1. The number of hydrogen-bond donors (Lipinski definition) is 3. The van der Waals surface area contributed by atoms with Crippen LogP contribution in [0.1, 0.15) is 19.4 Å². The van der Waals surface area contributed by atoms with E-state index >= 15 is 0 Å². The zero-order chi connectivity index (χ0) is 20.6. The standard InChI is InChI=1S/C17H23N3O7/c1-10(21)26-14-6-5-12(8-15(14)27-11(2)22)7-13(17(24)25)19-16(23)9-18-20(3)4/h5-6,8,13,18H,7,9H2,1-4H3,(H,19,23)(H,24,25)/t13-/m0/s1. The molecular formula is C17H23N3O7. The van der Waals surface area contributed by atoms with Gasteiger partial charge in [0.15, 0.2) is 11.5 Å². The lowest BCUT2D eigenvalue weighted by Crippen LogP contribution is -2.47. The number of amides is 1. The van der Waals surface area contributed by atoms with Crippen LogP contribution in [0.3, 0.4) is 0 Å². The minimum absolute atomic E-state index is 0.0139. The molecule has 10 nitrogen and oxygen atoms in total. The summed E-state index contributed by atoms with van der Waals surface area (Å²) in [7, 11) is 3.40. The van der Waals surface area contributed by atoms with Crippen molar-refractivity contribution in [3.63, 3.8) is 0 Å². The second-order valence-electron chi connectivity index (χ2n) is 5.86. The van der Waals surface area contributed by atoms with Crippen molar-refractivity contribution in [3.8, 4) is 11.5 Å². The summed E-state index contributed by atoms with van der Waals surface area (Å²) in [4.78, 5) is 45.7. The van der Waals surface area contributed by atoms with E-state index in [0.717, 1.165) is 0 Å². The molecule has 27 heavy (non-hydrogen) atoms. The van der Waals surface area contributed by atoms with Gasteiger partial charge < -0.3 is 19.9 Å². The molecule has 0 aliphatic heterocycles. The number of carbonyl (C=O) groups is 4. The predicted molar refractivity (Wildman–Crippen MR) is 94.0 cm³/mol. The van der Waals surface area contributed by atoms with Gasteiger partial charge in [0, 0.05) is 34.4 Å². The van der Waals surface area contributed by atoms with E-state index < -0.39 is 29.9 Å². The number of ether oxygens (including phenoxy) is 2. The first-order valence-corrected chi connectivity index (χ1v) is 8.01. The van der Waals surface area contributed by atoms with Crippen molar-refractivity contribution in [2.45, 2.75) is 26.3 Å². The Balaban J connectivity index is 2.94. The average molecular weight is 381 g/mol. The zero-order valence-corrected chi connectivity index (χ0v) is 15.6. The number of carbonyl (C=O) groups excluding carboxylic acids is 3. The third kappa shape index (κ3) is 8.29. The van der Waals surface area contributed by atoms with Crippen LogP contribution in [-0.4, -0.2) is 60.6 Å². The SMILES string of the molecule is CC(=O)Oc1ccc(C[C@H](NC(=O)CNN(C)C)C(=O)O)cc1OC(C)=O. The van der Waals surface area contributed by atoms with E-state index in [4.69, 9.17) is 9.47 Å². The van der Waals surface area contributed by atoms with E-state index in [1.807, 2.05) is 0 Å². The third-order valence-electron chi connectivity index (χ3n) is 3.14. The van der Waals surface area contributed by atoms with E-state index in [-0.39, 0.29) is 24.5 Å². The fraction of sp³-hybridized carbons (Fsp3) is 0.412. The molecule has 1 rings (SSSR count). The van der Waals surface area contributed by atoms with Gasteiger partial charge in [0.25, 0.3) is 0 Å². The second-order valence-corrected chi connectivity index (χ2v) is 5.86. The predicted octanol–water partition coefficient (Wildman–Crippen LogP) is -0.285. The number of esters is 2. The molecule has 10 heteroatoms. The number of carboxylic acids is 1. The summed E-state index contributed by atoms with van der Waals surface area (Å²) in [5.74, 6) is -2.91. The number of hydrazine groups is 1. The number of aliphatic carboxylic acids is 1. The maximum atomic E-state index is 11.8. The molecule has 0 heterocycles. The molecule has 0 spiro atoms. The maximum absolute atomic E-state index is 11.8. The first-order chi connectivity index (χ1) is 12.6. The zero-order valence-electron chi connectivity index (χ0n) is 15.6. The largest absolute Gasteiger partial charge is 0.480 e. The molecule has 0 aliphatic carbocycles. The van der Waals surface area contributed by atoms with Crippen molar-refractivity contribution in [2.24, 2.45) is 0 Å². The molecule has 0 aromatic heterocycles. The van der Waals surface area contributed by atoms with Crippen LogP contribution in [0.2, 0.25) is 0 Å². The van der Waals surface area contributed by atoms with Crippen molar-refractivity contribution in [1.29, 1.82) is 0 Å². The third-order valence-corrected chi connectivity index (χ3v) is 3.14. The molecule has 148 valence electrons. The monoisotopic (exact) mass is 381 g/mol. The van der Waals surface area contributed by atoms with E-state index in [0.29, 0.717) is 5.56 Å². The van der Waals surface area contributed by atoms with Crippen LogP contribution in [-0.2, 0) is 25.6 Å².